The number of carboxylic acid groups (broad SMARTS) is 1. The van der Waals surface area contributed by atoms with Crippen LogP contribution in [0.5, 0.6) is 0 Å². The maximum absolute atomic E-state index is 12.3. The summed E-state index contributed by atoms with van der Waals surface area (Å²) in [5, 5.41) is 12.8. The molecule has 0 aliphatic heterocycles. The van der Waals surface area contributed by atoms with Gasteiger partial charge < -0.3 is 14.7 Å². The summed E-state index contributed by atoms with van der Waals surface area (Å²) in [4.78, 5) is 24.7. The number of hydrogen-bond donors (Lipinski definition) is 1. The fourth-order valence-corrected chi connectivity index (χ4v) is 2.21. The highest BCUT2D eigenvalue weighted by molar-refractivity contribution is 7.08. The Balaban J connectivity index is 2.84. The molecule has 106 valence electrons. The normalized spacial score (nSPS) is 10.4. The van der Waals surface area contributed by atoms with Gasteiger partial charge in [-0.25, -0.2) is 0 Å². The Morgan fingerprint density at radius 3 is 2.79 bits per heavy atom. The van der Waals surface area contributed by atoms with Crippen molar-refractivity contribution in [2.24, 2.45) is 0 Å². The highest BCUT2D eigenvalue weighted by Crippen LogP contribution is 2.15. The van der Waals surface area contributed by atoms with Crippen molar-refractivity contribution >= 4 is 23.4 Å². The van der Waals surface area contributed by atoms with E-state index in [0.29, 0.717) is 17.0 Å². The summed E-state index contributed by atoms with van der Waals surface area (Å²) in [5.74, 6) is -1.41. The minimum Gasteiger partial charge on any atom is -0.480 e. The molecule has 19 heavy (non-hydrogen) atoms. The van der Waals surface area contributed by atoms with Gasteiger partial charge in [0.15, 0.2) is 0 Å². The molecule has 0 saturated carbocycles. The lowest BCUT2D eigenvalue weighted by Crippen LogP contribution is -2.38. The SMILES string of the molecule is CCCc1nnsc1C(=O)N(CCOC)CC(=O)O. The van der Waals surface area contributed by atoms with E-state index in [1.807, 2.05) is 6.92 Å². The lowest BCUT2D eigenvalue weighted by molar-refractivity contribution is -0.137. The molecule has 1 rings (SSSR count). The van der Waals surface area contributed by atoms with Crippen molar-refractivity contribution in [3.05, 3.63) is 10.6 Å². The van der Waals surface area contributed by atoms with Crippen molar-refractivity contribution in [1.82, 2.24) is 14.5 Å². The minimum absolute atomic E-state index is 0.227. The van der Waals surface area contributed by atoms with Crippen LogP contribution in [0.25, 0.3) is 0 Å². The van der Waals surface area contributed by atoms with Gasteiger partial charge in [0.05, 0.1) is 12.3 Å². The number of aryl methyl sites for hydroxylation is 1. The predicted molar refractivity (Wildman–Crippen MR) is 69.3 cm³/mol. The van der Waals surface area contributed by atoms with Crippen LogP contribution in [0, 0.1) is 0 Å². The van der Waals surface area contributed by atoms with Crippen molar-refractivity contribution in [1.29, 1.82) is 0 Å². The second-order valence-corrected chi connectivity index (χ2v) is 4.67. The van der Waals surface area contributed by atoms with Gasteiger partial charge in [0.2, 0.25) is 0 Å². The van der Waals surface area contributed by atoms with Crippen LogP contribution in [-0.4, -0.2) is 58.3 Å². The van der Waals surface area contributed by atoms with E-state index in [2.05, 4.69) is 9.59 Å². The van der Waals surface area contributed by atoms with E-state index < -0.39 is 5.97 Å². The third kappa shape index (κ3) is 4.56. The predicted octanol–water partition coefficient (Wildman–Crippen LogP) is 0.664. The first kappa shape index (κ1) is 15.5. The molecule has 1 aromatic rings. The number of amides is 1. The molecule has 7 nitrogen and oxygen atoms in total. The van der Waals surface area contributed by atoms with Crippen LogP contribution < -0.4 is 0 Å². The van der Waals surface area contributed by atoms with Crippen LogP contribution in [0.15, 0.2) is 0 Å². The summed E-state index contributed by atoms with van der Waals surface area (Å²) >= 11 is 1.00. The Morgan fingerprint density at radius 2 is 2.21 bits per heavy atom. The topological polar surface area (TPSA) is 92.6 Å². The lowest BCUT2D eigenvalue weighted by atomic mass is 10.2. The second-order valence-electron chi connectivity index (χ2n) is 3.91. The molecule has 0 unspecified atom stereocenters. The quantitative estimate of drug-likeness (QED) is 0.755. The highest BCUT2D eigenvalue weighted by Gasteiger charge is 2.23. The molecule has 0 fully saturated rings. The zero-order chi connectivity index (χ0) is 14.3. The fourth-order valence-electron chi connectivity index (χ4n) is 1.53. The Hall–Kier alpha value is -1.54. The summed E-state index contributed by atoms with van der Waals surface area (Å²) < 4.78 is 8.65. The Bertz CT molecular complexity index is 435. The third-order valence-electron chi connectivity index (χ3n) is 2.42. The number of hydrogen-bond acceptors (Lipinski definition) is 6. The number of ether oxygens (including phenoxy) is 1. The number of carbonyl (C=O) groups is 2. The van der Waals surface area contributed by atoms with Gasteiger partial charge in [0.1, 0.15) is 11.4 Å². The maximum atomic E-state index is 12.3. The smallest absolute Gasteiger partial charge is 0.323 e. The van der Waals surface area contributed by atoms with Gasteiger partial charge in [0, 0.05) is 13.7 Å². The average molecular weight is 287 g/mol. The van der Waals surface area contributed by atoms with Gasteiger partial charge >= 0.3 is 5.97 Å². The molecule has 1 heterocycles. The van der Waals surface area contributed by atoms with E-state index in [1.165, 1.54) is 12.0 Å². The monoisotopic (exact) mass is 287 g/mol. The average Bonchev–Trinajstić information content (AvgIpc) is 2.82. The largest absolute Gasteiger partial charge is 0.480 e. The molecule has 1 aromatic heterocycles. The first-order chi connectivity index (χ1) is 9.10. The molecule has 0 aliphatic rings. The number of carboxylic acids is 1. The molecule has 1 amide bonds. The molecule has 0 aromatic carbocycles. The van der Waals surface area contributed by atoms with Crippen LogP contribution in [0.3, 0.4) is 0 Å². The van der Waals surface area contributed by atoms with E-state index in [9.17, 15) is 9.59 Å². The molecule has 0 spiro atoms. The number of aromatic nitrogens is 2. The Labute approximate surface area is 115 Å². The number of methoxy groups -OCH3 is 1. The van der Waals surface area contributed by atoms with Crippen molar-refractivity contribution in [2.45, 2.75) is 19.8 Å². The summed E-state index contributed by atoms with van der Waals surface area (Å²) in [6.07, 6.45) is 1.51. The highest BCUT2D eigenvalue weighted by atomic mass is 32.1. The molecule has 0 radical (unpaired) electrons. The number of rotatable bonds is 8. The molecule has 0 aliphatic carbocycles. The van der Waals surface area contributed by atoms with Crippen molar-refractivity contribution < 1.29 is 19.4 Å². The minimum atomic E-state index is -1.06. The van der Waals surface area contributed by atoms with E-state index in [0.717, 1.165) is 18.0 Å². The van der Waals surface area contributed by atoms with Gasteiger partial charge in [0.25, 0.3) is 5.91 Å². The van der Waals surface area contributed by atoms with Gasteiger partial charge in [-0.2, -0.15) is 0 Å². The lowest BCUT2D eigenvalue weighted by Gasteiger charge is -2.19. The standard InChI is InChI=1S/C11H17N3O4S/c1-3-4-8-10(19-13-12-8)11(17)14(5-6-18-2)7-9(15)16/h3-7H2,1-2H3,(H,15,16). The van der Waals surface area contributed by atoms with E-state index in [-0.39, 0.29) is 25.6 Å². The van der Waals surface area contributed by atoms with Gasteiger partial charge in [-0.1, -0.05) is 17.8 Å². The van der Waals surface area contributed by atoms with E-state index in [4.69, 9.17) is 9.84 Å². The number of nitrogens with zero attached hydrogens (tertiary/aromatic N) is 3. The van der Waals surface area contributed by atoms with Crippen LogP contribution in [-0.2, 0) is 16.0 Å². The van der Waals surface area contributed by atoms with E-state index >= 15 is 0 Å². The van der Waals surface area contributed by atoms with Crippen molar-refractivity contribution in [3.63, 3.8) is 0 Å². The van der Waals surface area contributed by atoms with Crippen molar-refractivity contribution in [2.75, 3.05) is 26.8 Å². The van der Waals surface area contributed by atoms with Gasteiger partial charge in [-0.3, -0.25) is 9.59 Å². The number of aliphatic carboxylic acids is 1. The molecular weight excluding hydrogens is 270 g/mol. The Morgan fingerprint density at radius 1 is 1.47 bits per heavy atom. The van der Waals surface area contributed by atoms with E-state index in [1.54, 1.807) is 0 Å². The zero-order valence-electron chi connectivity index (χ0n) is 11.0. The molecule has 1 N–H and O–H groups in total. The Kier molecular flexibility index (Phi) is 6.37. The summed E-state index contributed by atoms with van der Waals surface area (Å²) in [5.41, 5.74) is 0.630. The molecule has 0 saturated heterocycles. The first-order valence-electron chi connectivity index (χ1n) is 5.91. The summed E-state index contributed by atoms with van der Waals surface area (Å²) in [6, 6.07) is 0. The first-order valence-corrected chi connectivity index (χ1v) is 6.68. The third-order valence-corrected chi connectivity index (χ3v) is 3.17. The summed E-state index contributed by atoms with van der Waals surface area (Å²) in [7, 11) is 1.50. The van der Waals surface area contributed by atoms with Crippen LogP contribution >= 0.6 is 11.5 Å². The number of carbonyl (C=O) groups excluding carboxylic acids is 1. The molecule has 8 heteroatoms. The van der Waals surface area contributed by atoms with Crippen molar-refractivity contribution in [3.8, 4) is 0 Å². The molecule has 0 bridgehead atoms. The molecule has 0 atom stereocenters. The zero-order valence-corrected chi connectivity index (χ0v) is 11.8. The van der Waals surface area contributed by atoms with Gasteiger partial charge in [-0.05, 0) is 18.0 Å². The fraction of sp³-hybridized carbons (Fsp3) is 0.636. The van der Waals surface area contributed by atoms with Crippen LogP contribution in [0.2, 0.25) is 0 Å². The second kappa shape index (κ2) is 7.80. The van der Waals surface area contributed by atoms with Crippen LogP contribution in [0.4, 0.5) is 0 Å². The molecular formula is C11H17N3O4S. The van der Waals surface area contributed by atoms with Crippen LogP contribution in [0.1, 0.15) is 28.7 Å². The van der Waals surface area contributed by atoms with Gasteiger partial charge in [-0.15, -0.1) is 5.10 Å². The maximum Gasteiger partial charge on any atom is 0.323 e. The summed E-state index contributed by atoms with van der Waals surface area (Å²) in [6.45, 7) is 2.14.